The van der Waals surface area contributed by atoms with Crippen molar-refractivity contribution in [3.63, 3.8) is 0 Å². The highest BCUT2D eigenvalue weighted by Crippen LogP contribution is 2.13. The quantitative estimate of drug-likeness (QED) is 0.877. The zero-order valence-electron chi connectivity index (χ0n) is 10.8. The first-order valence-corrected chi connectivity index (χ1v) is 6.51. The third-order valence-electron chi connectivity index (χ3n) is 3.33. The lowest BCUT2D eigenvalue weighted by Gasteiger charge is -2.30. The number of benzene rings is 1. The molecule has 1 aliphatic heterocycles. The zero-order valence-corrected chi connectivity index (χ0v) is 10.8. The van der Waals surface area contributed by atoms with Crippen molar-refractivity contribution in [2.45, 2.75) is 6.42 Å². The summed E-state index contributed by atoms with van der Waals surface area (Å²) >= 11 is 0. The smallest absolute Gasteiger partial charge is 0.227 e. The SMILES string of the molecule is NC[C@H](Cc1cccc(F)c1)C(=O)N1CCOCC1. The number of rotatable bonds is 4. The minimum atomic E-state index is -0.292. The Balaban J connectivity index is 2.00. The van der Waals surface area contributed by atoms with Gasteiger partial charge in [0.15, 0.2) is 0 Å². The number of nitrogens with zero attached hydrogens (tertiary/aromatic N) is 1. The molecular weight excluding hydrogens is 247 g/mol. The van der Waals surface area contributed by atoms with Gasteiger partial charge < -0.3 is 15.4 Å². The Morgan fingerprint density at radius 2 is 2.16 bits per heavy atom. The first kappa shape index (κ1) is 14.0. The van der Waals surface area contributed by atoms with Crippen LogP contribution in [0.25, 0.3) is 0 Å². The molecule has 1 saturated heterocycles. The monoisotopic (exact) mass is 266 g/mol. The molecule has 2 rings (SSSR count). The van der Waals surface area contributed by atoms with Crippen LogP contribution in [0.2, 0.25) is 0 Å². The van der Waals surface area contributed by atoms with Crippen LogP contribution in [0.15, 0.2) is 24.3 Å². The van der Waals surface area contributed by atoms with Crippen LogP contribution in [0.4, 0.5) is 4.39 Å². The van der Waals surface area contributed by atoms with Crippen molar-refractivity contribution in [3.8, 4) is 0 Å². The van der Waals surface area contributed by atoms with E-state index >= 15 is 0 Å². The first-order valence-electron chi connectivity index (χ1n) is 6.51. The van der Waals surface area contributed by atoms with Gasteiger partial charge in [-0.3, -0.25) is 4.79 Å². The summed E-state index contributed by atoms with van der Waals surface area (Å²) in [5.41, 5.74) is 6.50. The second-order valence-electron chi connectivity index (χ2n) is 4.70. The van der Waals surface area contributed by atoms with Crippen molar-refractivity contribution in [2.24, 2.45) is 11.7 Å². The molecule has 2 N–H and O–H groups in total. The van der Waals surface area contributed by atoms with Crippen molar-refractivity contribution >= 4 is 5.91 Å². The molecule has 0 aromatic heterocycles. The summed E-state index contributed by atoms with van der Waals surface area (Å²) in [6, 6.07) is 6.32. The normalized spacial score (nSPS) is 17.3. The van der Waals surface area contributed by atoms with Crippen LogP contribution in [0.1, 0.15) is 5.56 Å². The van der Waals surface area contributed by atoms with Crippen LogP contribution in [-0.2, 0) is 16.0 Å². The van der Waals surface area contributed by atoms with Gasteiger partial charge in [0.05, 0.1) is 19.1 Å². The fourth-order valence-electron chi connectivity index (χ4n) is 2.26. The molecule has 1 aromatic rings. The Morgan fingerprint density at radius 1 is 1.42 bits per heavy atom. The molecule has 0 bridgehead atoms. The molecule has 1 fully saturated rings. The molecule has 1 aliphatic rings. The summed E-state index contributed by atoms with van der Waals surface area (Å²) in [6.07, 6.45) is 0.477. The van der Waals surface area contributed by atoms with E-state index in [2.05, 4.69) is 0 Å². The van der Waals surface area contributed by atoms with Crippen LogP contribution in [0, 0.1) is 11.7 Å². The lowest BCUT2D eigenvalue weighted by molar-refractivity contribution is -0.139. The number of carbonyl (C=O) groups excluding carboxylic acids is 1. The Labute approximate surface area is 112 Å². The molecule has 0 saturated carbocycles. The number of halogens is 1. The lowest BCUT2D eigenvalue weighted by atomic mass is 9.97. The maximum atomic E-state index is 13.1. The fourth-order valence-corrected chi connectivity index (χ4v) is 2.26. The fraction of sp³-hybridized carbons (Fsp3) is 0.500. The molecule has 0 spiro atoms. The predicted molar refractivity (Wildman–Crippen MR) is 70.0 cm³/mol. The topological polar surface area (TPSA) is 55.6 Å². The zero-order chi connectivity index (χ0) is 13.7. The number of amides is 1. The lowest BCUT2D eigenvalue weighted by Crippen LogP contribution is -2.45. The van der Waals surface area contributed by atoms with Gasteiger partial charge in [-0.1, -0.05) is 12.1 Å². The summed E-state index contributed by atoms with van der Waals surface area (Å²) in [6.45, 7) is 2.63. The van der Waals surface area contributed by atoms with Gasteiger partial charge in [-0.2, -0.15) is 0 Å². The number of ether oxygens (including phenoxy) is 1. The Morgan fingerprint density at radius 3 is 2.79 bits per heavy atom. The molecule has 1 heterocycles. The van der Waals surface area contributed by atoms with E-state index < -0.39 is 0 Å². The molecule has 104 valence electrons. The van der Waals surface area contributed by atoms with E-state index in [1.807, 2.05) is 6.07 Å². The number of carbonyl (C=O) groups is 1. The van der Waals surface area contributed by atoms with Crippen LogP contribution in [-0.4, -0.2) is 43.7 Å². The molecule has 1 atom stereocenters. The van der Waals surface area contributed by atoms with E-state index in [1.165, 1.54) is 12.1 Å². The second-order valence-corrected chi connectivity index (χ2v) is 4.70. The molecule has 19 heavy (non-hydrogen) atoms. The van der Waals surface area contributed by atoms with Gasteiger partial charge in [-0.15, -0.1) is 0 Å². The standard InChI is InChI=1S/C14H19FN2O2/c15-13-3-1-2-11(9-13)8-12(10-16)14(18)17-4-6-19-7-5-17/h1-3,9,12H,4-8,10,16H2/t12-/m0/s1. The van der Waals surface area contributed by atoms with Crippen LogP contribution >= 0.6 is 0 Å². The van der Waals surface area contributed by atoms with Gasteiger partial charge in [0.2, 0.25) is 5.91 Å². The van der Waals surface area contributed by atoms with Crippen molar-refractivity contribution < 1.29 is 13.9 Å². The Bertz CT molecular complexity index is 433. The van der Waals surface area contributed by atoms with Crippen molar-refractivity contribution in [1.29, 1.82) is 0 Å². The summed E-state index contributed by atoms with van der Waals surface area (Å²) < 4.78 is 18.4. The molecule has 1 amide bonds. The van der Waals surface area contributed by atoms with Crippen LogP contribution < -0.4 is 5.73 Å². The van der Waals surface area contributed by atoms with Crippen LogP contribution in [0.5, 0.6) is 0 Å². The largest absolute Gasteiger partial charge is 0.378 e. The highest BCUT2D eigenvalue weighted by atomic mass is 19.1. The maximum absolute atomic E-state index is 13.1. The van der Waals surface area contributed by atoms with Crippen molar-refractivity contribution in [2.75, 3.05) is 32.8 Å². The van der Waals surface area contributed by atoms with E-state index in [9.17, 15) is 9.18 Å². The summed E-state index contributed by atoms with van der Waals surface area (Å²) in [5.74, 6) is -0.540. The van der Waals surface area contributed by atoms with E-state index in [-0.39, 0.29) is 24.2 Å². The van der Waals surface area contributed by atoms with Crippen molar-refractivity contribution in [3.05, 3.63) is 35.6 Å². The number of morpholine rings is 1. The van der Waals surface area contributed by atoms with E-state index in [4.69, 9.17) is 10.5 Å². The van der Waals surface area contributed by atoms with Gasteiger partial charge in [-0.25, -0.2) is 4.39 Å². The summed E-state index contributed by atoms with van der Waals surface area (Å²) in [4.78, 5) is 14.1. The van der Waals surface area contributed by atoms with Gasteiger partial charge >= 0.3 is 0 Å². The highest BCUT2D eigenvalue weighted by molar-refractivity contribution is 5.79. The van der Waals surface area contributed by atoms with E-state index in [1.54, 1.807) is 11.0 Å². The van der Waals surface area contributed by atoms with E-state index in [0.717, 1.165) is 5.56 Å². The van der Waals surface area contributed by atoms with Gasteiger partial charge in [-0.05, 0) is 24.1 Å². The minimum absolute atomic E-state index is 0.0371. The Kier molecular flexibility index (Phi) is 4.87. The van der Waals surface area contributed by atoms with Crippen LogP contribution in [0.3, 0.4) is 0 Å². The Hall–Kier alpha value is -1.46. The van der Waals surface area contributed by atoms with Gasteiger partial charge in [0.25, 0.3) is 0 Å². The number of hydrogen-bond donors (Lipinski definition) is 1. The average molecular weight is 266 g/mol. The van der Waals surface area contributed by atoms with Gasteiger partial charge in [0, 0.05) is 19.6 Å². The molecule has 0 aliphatic carbocycles. The van der Waals surface area contributed by atoms with E-state index in [0.29, 0.717) is 32.7 Å². The summed E-state index contributed by atoms with van der Waals surface area (Å²) in [7, 11) is 0. The second kappa shape index (κ2) is 6.63. The third kappa shape index (κ3) is 3.75. The number of hydrogen-bond acceptors (Lipinski definition) is 3. The molecular formula is C14H19FN2O2. The molecule has 5 heteroatoms. The molecule has 1 aromatic carbocycles. The maximum Gasteiger partial charge on any atom is 0.227 e. The molecule has 0 radical (unpaired) electrons. The predicted octanol–water partition coefficient (Wildman–Crippen LogP) is 0.802. The van der Waals surface area contributed by atoms with Crippen molar-refractivity contribution in [1.82, 2.24) is 4.90 Å². The first-order chi connectivity index (χ1) is 9.20. The number of nitrogens with two attached hydrogens (primary N) is 1. The average Bonchev–Trinajstić information content (AvgIpc) is 2.45. The molecule has 0 unspecified atom stereocenters. The van der Waals surface area contributed by atoms with Gasteiger partial charge in [0.1, 0.15) is 5.82 Å². The molecule has 4 nitrogen and oxygen atoms in total. The minimum Gasteiger partial charge on any atom is -0.378 e. The highest BCUT2D eigenvalue weighted by Gasteiger charge is 2.24. The summed E-state index contributed by atoms with van der Waals surface area (Å²) in [5, 5.41) is 0. The third-order valence-corrected chi connectivity index (χ3v) is 3.33.